The average Bonchev–Trinajstić information content (AvgIpc) is 3.00. The van der Waals surface area contributed by atoms with Gasteiger partial charge in [0.1, 0.15) is 23.1 Å². The van der Waals surface area contributed by atoms with E-state index in [9.17, 15) is 5.11 Å². The molecule has 120 valence electrons. The summed E-state index contributed by atoms with van der Waals surface area (Å²) < 4.78 is 10.8. The molecule has 0 radical (unpaired) electrons. The fraction of sp³-hybridized carbons (Fsp3) is 0.438. The highest BCUT2D eigenvalue weighted by molar-refractivity contribution is 7.09. The molecule has 1 heterocycles. The highest BCUT2D eigenvalue weighted by Gasteiger charge is 2.15. The van der Waals surface area contributed by atoms with E-state index in [4.69, 9.17) is 9.47 Å². The van der Waals surface area contributed by atoms with E-state index in [0.717, 1.165) is 22.2 Å². The van der Waals surface area contributed by atoms with Crippen molar-refractivity contribution in [1.82, 2.24) is 10.3 Å². The molecule has 2 aromatic rings. The largest absolute Gasteiger partial charge is 0.497 e. The summed E-state index contributed by atoms with van der Waals surface area (Å²) in [5.41, 5.74) is 0.656. The molecule has 0 saturated carbocycles. The van der Waals surface area contributed by atoms with Crippen molar-refractivity contribution in [2.24, 2.45) is 0 Å². The Hall–Kier alpha value is -1.63. The smallest absolute Gasteiger partial charge is 0.140 e. The van der Waals surface area contributed by atoms with Crippen molar-refractivity contribution in [2.45, 2.75) is 32.5 Å². The fourth-order valence-corrected chi connectivity index (χ4v) is 2.40. The van der Waals surface area contributed by atoms with Crippen LogP contribution >= 0.6 is 11.3 Å². The first-order chi connectivity index (χ1) is 10.5. The zero-order chi connectivity index (χ0) is 16.0. The summed E-state index contributed by atoms with van der Waals surface area (Å²) in [6.45, 7) is 5.07. The predicted octanol–water partition coefficient (Wildman–Crippen LogP) is 2.59. The number of hydrogen-bond donors (Lipinski definition) is 2. The number of hydrogen-bond acceptors (Lipinski definition) is 6. The summed E-state index contributed by atoms with van der Waals surface area (Å²) >= 11 is 1.57. The maximum absolute atomic E-state index is 9.22. The van der Waals surface area contributed by atoms with Gasteiger partial charge in [-0.05, 0) is 38.1 Å². The molecule has 0 atom stereocenters. The number of rotatable bonds is 8. The fourth-order valence-electron chi connectivity index (χ4n) is 1.70. The predicted molar refractivity (Wildman–Crippen MR) is 87.4 cm³/mol. The third-order valence-corrected chi connectivity index (χ3v) is 4.04. The second-order valence-electron chi connectivity index (χ2n) is 5.59. The van der Waals surface area contributed by atoms with Crippen molar-refractivity contribution in [3.63, 3.8) is 0 Å². The summed E-state index contributed by atoms with van der Waals surface area (Å²) in [5.74, 6) is 1.60. The molecular formula is C16H22N2O3S. The number of ether oxygens (including phenoxy) is 2. The van der Waals surface area contributed by atoms with Crippen molar-refractivity contribution in [3.8, 4) is 11.5 Å². The van der Waals surface area contributed by atoms with Crippen molar-refractivity contribution in [3.05, 3.63) is 40.3 Å². The minimum absolute atomic E-state index is 0.0879. The number of methoxy groups -OCH3 is 1. The van der Waals surface area contributed by atoms with Gasteiger partial charge in [0.2, 0.25) is 0 Å². The van der Waals surface area contributed by atoms with Crippen molar-refractivity contribution < 1.29 is 14.6 Å². The first kappa shape index (κ1) is 16.7. The Bertz CT molecular complexity index is 581. The van der Waals surface area contributed by atoms with Gasteiger partial charge in [0.15, 0.2) is 0 Å². The maximum Gasteiger partial charge on any atom is 0.140 e. The Labute approximate surface area is 134 Å². The lowest BCUT2D eigenvalue weighted by Gasteiger charge is -2.22. The van der Waals surface area contributed by atoms with Gasteiger partial charge in [-0.2, -0.15) is 0 Å². The van der Waals surface area contributed by atoms with Crippen LogP contribution in [0.25, 0.3) is 0 Å². The molecule has 2 rings (SSSR count). The number of aliphatic hydroxyl groups is 1. The van der Waals surface area contributed by atoms with Gasteiger partial charge in [0, 0.05) is 17.5 Å². The van der Waals surface area contributed by atoms with Crippen LogP contribution in [0.15, 0.2) is 29.6 Å². The molecule has 22 heavy (non-hydrogen) atoms. The quantitative estimate of drug-likeness (QED) is 0.782. The Kier molecular flexibility index (Phi) is 5.76. The first-order valence-electron chi connectivity index (χ1n) is 7.08. The molecule has 0 saturated heterocycles. The van der Waals surface area contributed by atoms with Gasteiger partial charge in [-0.15, -0.1) is 11.3 Å². The maximum atomic E-state index is 9.22. The first-order valence-corrected chi connectivity index (χ1v) is 7.96. The Morgan fingerprint density at radius 1 is 1.23 bits per heavy atom. The average molecular weight is 322 g/mol. The van der Waals surface area contributed by atoms with Crippen LogP contribution in [0.4, 0.5) is 0 Å². The molecular weight excluding hydrogens is 300 g/mol. The third-order valence-electron chi connectivity index (χ3n) is 3.16. The van der Waals surface area contributed by atoms with E-state index in [0.29, 0.717) is 13.2 Å². The standard InChI is InChI=1S/C16H22N2O3S/c1-16(2,11-19)17-8-12-10-22-15(18-12)9-21-14-6-4-13(20-3)5-7-14/h4-7,10,17,19H,8-9,11H2,1-3H3. The van der Waals surface area contributed by atoms with E-state index in [2.05, 4.69) is 10.3 Å². The summed E-state index contributed by atoms with van der Waals surface area (Å²) in [4.78, 5) is 4.52. The van der Waals surface area contributed by atoms with Gasteiger partial charge < -0.3 is 19.9 Å². The van der Waals surface area contributed by atoms with Crippen LogP contribution in [0, 0.1) is 0 Å². The number of benzene rings is 1. The SMILES string of the molecule is COc1ccc(OCc2nc(CNC(C)(C)CO)cs2)cc1. The molecule has 2 N–H and O–H groups in total. The zero-order valence-electron chi connectivity index (χ0n) is 13.1. The van der Waals surface area contributed by atoms with Crippen LogP contribution in [0.3, 0.4) is 0 Å². The monoisotopic (exact) mass is 322 g/mol. The summed E-state index contributed by atoms with van der Waals surface area (Å²) in [6, 6.07) is 7.48. The van der Waals surface area contributed by atoms with Gasteiger partial charge in [-0.1, -0.05) is 0 Å². The lowest BCUT2D eigenvalue weighted by atomic mass is 10.1. The van der Waals surface area contributed by atoms with Gasteiger partial charge in [0.05, 0.1) is 19.4 Å². The van der Waals surface area contributed by atoms with Crippen molar-refractivity contribution in [2.75, 3.05) is 13.7 Å². The molecule has 1 aromatic carbocycles. The number of nitrogens with one attached hydrogen (secondary N) is 1. The van der Waals surface area contributed by atoms with Gasteiger partial charge >= 0.3 is 0 Å². The second-order valence-corrected chi connectivity index (χ2v) is 6.53. The highest BCUT2D eigenvalue weighted by atomic mass is 32.1. The molecule has 0 spiro atoms. The number of thiazole rings is 1. The van der Waals surface area contributed by atoms with Crippen LogP contribution < -0.4 is 14.8 Å². The highest BCUT2D eigenvalue weighted by Crippen LogP contribution is 2.19. The topological polar surface area (TPSA) is 63.6 Å². The molecule has 5 nitrogen and oxygen atoms in total. The molecule has 0 amide bonds. The molecule has 0 unspecified atom stereocenters. The minimum atomic E-state index is -0.302. The Morgan fingerprint density at radius 2 is 1.91 bits per heavy atom. The van der Waals surface area contributed by atoms with E-state index >= 15 is 0 Å². The molecule has 0 aliphatic rings. The molecule has 6 heteroatoms. The molecule has 0 fully saturated rings. The van der Waals surface area contributed by atoms with E-state index in [1.165, 1.54) is 0 Å². The van der Waals surface area contributed by atoms with E-state index in [1.807, 2.05) is 43.5 Å². The third kappa shape index (κ3) is 4.98. The number of aliphatic hydroxyl groups excluding tert-OH is 1. The van der Waals surface area contributed by atoms with Crippen LogP contribution in [0.2, 0.25) is 0 Å². The van der Waals surface area contributed by atoms with E-state index in [-0.39, 0.29) is 12.1 Å². The summed E-state index contributed by atoms with van der Waals surface area (Å²) in [6.07, 6.45) is 0. The van der Waals surface area contributed by atoms with E-state index in [1.54, 1.807) is 18.4 Å². The van der Waals surface area contributed by atoms with Crippen molar-refractivity contribution in [1.29, 1.82) is 0 Å². The summed E-state index contributed by atoms with van der Waals surface area (Å²) in [7, 11) is 1.64. The van der Waals surface area contributed by atoms with Gasteiger partial charge in [0.25, 0.3) is 0 Å². The number of nitrogens with zero attached hydrogens (tertiary/aromatic N) is 1. The lowest BCUT2D eigenvalue weighted by molar-refractivity contribution is 0.187. The van der Waals surface area contributed by atoms with Crippen molar-refractivity contribution >= 4 is 11.3 Å². The minimum Gasteiger partial charge on any atom is -0.497 e. The zero-order valence-corrected chi connectivity index (χ0v) is 13.9. The van der Waals surface area contributed by atoms with Crippen LogP contribution in [0.1, 0.15) is 24.5 Å². The normalized spacial score (nSPS) is 11.5. The van der Waals surface area contributed by atoms with E-state index < -0.39 is 0 Å². The molecule has 0 bridgehead atoms. The molecule has 0 aliphatic carbocycles. The molecule has 1 aromatic heterocycles. The van der Waals surface area contributed by atoms with Crippen LogP contribution in [0.5, 0.6) is 11.5 Å². The summed E-state index contributed by atoms with van der Waals surface area (Å²) in [5, 5.41) is 15.4. The lowest BCUT2D eigenvalue weighted by Crippen LogP contribution is -2.42. The van der Waals surface area contributed by atoms with Crippen LogP contribution in [-0.2, 0) is 13.2 Å². The molecule has 0 aliphatic heterocycles. The Morgan fingerprint density at radius 3 is 2.55 bits per heavy atom. The Balaban J connectivity index is 1.83. The van der Waals surface area contributed by atoms with Gasteiger partial charge in [-0.3, -0.25) is 0 Å². The van der Waals surface area contributed by atoms with Crippen LogP contribution in [-0.4, -0.2) is 29.3 Å². The number of aromatic nitrogens is 1. The second kappa shape index (κ2) is 7.58. The van der Waals surface area contributed by atoms with Gasteiger partial charge in [-0.25, -0.2) is 4.98 Å².